The van der Waals surface area contributed by atoms with Gasteiger partial charge in [-0.25, -0.2) is 0 Å². The van der Waals surface area contributed by atoms with E-state index in [1.165, 1.54) is 90.3 Å². The number of piperidine rings is 1. The maximum absolute atomic E-state index is 3.98. The molecule has 2 N–H and O–H groups in total. The van der Waals surface area contributed by atoms with E-state index in [2.05, 4.69) is 24.5 Å². The highest BCUT2D eigenvalue weighted by molar-refractivity contribution is 5.02. The molecule has 2 heteroatoms. The smallest absolute Gasteiger partial charge is 0.0102 e. The van der Waals surface area contributed by atoms with E-state index in [0.29, 0.717) is 10.8 Å². The predicted octanol–water partition coefficient (Wildman–Crippen LogP) is 4.49. The highest BCUT2D eigenvalue weighted by Gasteiger charge is 2.48. The fraction of sp³-hybridized carbons (Fsp3) is 1.00. The fourth-order valence-corrected chi connectivity index (χ4v) is 6.29. The molecule has 2 aliphatic heterocycles. The molecule has 2 atom stereocenters. The Morgan fingerprint density at radius 2 is 1.73 bits per heavy atom. The first-order valence-electron chi connectivity index (χ1n) is 10.2. The Balaban J connectivity index is 1.65. The molecule has 2 heterocycles. The van der Waals surface area contributed by atoms with Crippen molar-refractivity contribution in [3.05, 3.63) is 0 Å². The monoisotopic (exact) mass is 306 g/mol. The molecule has 1 aliphatic carbocycles. The molecule has 0 aromatic rings. The second-order valence-corrected chi connectivity index (χ2v) is 8.81. The van der Waals surface area contributed by atoms with Crippen molar-refractivity contribution in [2.45, 2.75) is 90.5 Å². The number of nitrogens with one attached hydrogen (secondary N) is 2. The Bertz CT molecular complexity index is 336. The van der Waals surface area contributed by atoms with E-state index in [0.717, 1.165) is 12.0 Å². The van der Waals surface area contributed by atoms with Crippen LogP contribution in [0.2, 0.25) is 0 Å². The Hall–Kier alpha value is -0.0800. The summed E-state index contributed by atoms with van der Waals surface area (Å²) in [5, 5.41) is 7.51. The van der Waals surface area contributed by atoms with Crippen LogP contribution in [0.5, 0.6) is 0 Å². The third-order valence-electron chi connectivity index (χ3n) is 7.07. The molecule has 0 bridgehead atoms. The summed E-state index contributed by atoms with van der Waals surface area (Å²) in [7, 11) is 0. The zero-order chi connectivity index (χ0) is 15.5. The van der Waals surface area contributed by atoms with Crippen molar-refractivity contribution in [1.29, 1.82) is 0 Å². The van der Waals surface area contributed by atoms with E-state index in [-0.39, 0.29) is 0 Å². The van der Waals surface area contributed by atoms with Gasteiger partial charge in [0.1, 0.15) is 0 Å². The van der Waals surface area contributed by atoms with Crippen molar-refractivity contribution in [1.82, 2.24) is 10.6 Å². The Morgan fingerprint density at radius 1 is 1.00 bits per heavy atom. The molecule has 3 aliphatic rings. The van der Waals surface area contributed by atoms with Gasteiger partial charge >= 0.3 is 0 Å². The molecule has 2 nitrogen and oxygen atoms in total. The number of rotatable bonds is 5. The average molecular weight is 307 g/mol. The van der Waals surface area contributed by atoms with Crippen molar-refractivity contribution < 1.29 is 0 Å². The van der Waals surface area contributed by atoms with Crippen LogP contribution >= 0.6 is 0 Å². The lowest BCUT2D eigenvalue weighted by Gasteiger charge is -2.47. The van der Waals surface area contributed by atoms with Gasteiger partial charge in [-0.15, -0.1) is 0 Å². The first-order chi connectivity index (χ1) is 10.7. The molecule has 2 saturated heterocycles. The van der Waals surface area contributed by atoms with Gasteiger partial charge in [-0.1, -0.05) is 33.1 Å². The minimum Gasteiger partial charge on any atom is -0.317 e. The lowest BCUT2D eigenvalue weighted by atomic mass is 9.58. The van der Waals surface area contributed by atoms with Crippen molar-refractivity contribution in [3.8, 4) is 0 Å². The van der Waals surface area contributed by atoms with E-state index in [1.54, 1.807) is 0 Å². The van der Waals surface area contributed by atoms with Gasteiger partial charge in [-0.2, -0.15) is 0 Å². The van der Waals surface area contributed by atoms with Crippen LogP contribution in [0.1, 0.15) is 84.5 Å². The van der Waals surface area contributed by atoms with E-state index in [9.17, 15) is 0 Å². The molecule has 0 amide bonds. The van der Waals surface area contributed by atoms with Crippen molar-refractivity contribution in [3.63, 3.8) is 0 Å². The normalized spacial score (nSPS) is 36.0. The maximum Gasteiger partial charge on any atom is 0.0102 e. The summed E-state index contributed by atoms with van der Waals surface area (Å²) in [5.41, 5.74) is 1.34. The van der Waals surface area contributed by atoms with E-state index >= 15 is 0 Å². The Labute approximate surface area is 138 Å². The third kappa shape index (κ3) is 3.53. The van der Waals surface area contributed by atoms with Crippen LogP contribution in [0.3, 0.4) is 0 Å². The van der Waals surface area contributed by atoms with E-state index < -0.39 is 0 Å². The van der Waals surface area contributed by atoms with Gasteiger partial charge in [-0.05, 0) is 81.2 Å². The minimum absolute atomic E-state index is 0.651. The highest BCUT2D eigenvalue weighted by Crippen LogP contribution is 2.55. The van der Waals surface area contributed by atoms with Crippen LogP contribution in [-0.2, 0) is 0 Å². The van der Waals surface area contributed by atoms with Crippen molar-refractivity contribution in [2.24, 2.45) is 16.7 Å². The highest BCUT2D eigenvalue weighted by atomic mass is 15.0. The van der Waals surface area contributed by atoms with Gasteiger partial charge in [0.05, 0.1) is 0 Å². The van der Waals surface area contributed by atoms with Gasteiger partial charge in [0.25, 0.3) is 0 Å². The molecule has 3 rings (SSSR count). The first-order valence-corrected chi connectivity index (χ1v) is 10.2. The van der Waals surface area contributed by atoms with Crippen LogP contribution in [0.4, 0.5) is 0 Å². The molecule has 1 spiro atoms. The summed E-state index contributed by atoms with van der Waals surface area (Å²) < 4.78 is 0. The largest absolute Gasteiger partial charge is 0.317 e. The molecule has 1 saturated carbocycles. The van der Waals surface area contributed by atoms with E-state index in [4.69, 9.17) is 0 Å². The second-order valence-electron chi connectivity index (χ2n) is 8.81. The summed E-state index contributed by atoms with van der Waals surface area (Å²) in [6, 6.07) is 0.821. The average Bonchev–Trinajstić information content (AvgIpc) is 2.92. The zero-order valence-electron chi connectivity index (χ0n) is 15.1. The first kappa shape index (κ1) is 16.8. The third-order valence-corrected chi connectivity index (χ3v) is 7.07. The quantitative estimate of drug-likeness (QED) is 0.781. The van der Waals surface area contributed by atoms with Crippen molar-refractivity contribution >= 4 is 0 Å². The summed E-state index contributed by atoms with van der Waals surface area (Å²) in [5.74, 6) is 0.939. The summed E-state index contributed by atoms with van der Waals surface area (Å²) in [4.78, 5) is 0. The molecule has 128 valence electrons. The second kappa shape index (κ2) is 7.21. The standard InChI is InChI=1S/C20H38N2/c1-3-8-19(9-4-2)10-5-11-20(15-19)14-18(22-16-20)17-6-12-21-13-7-17/h17-18,21-22H,3-16H2,1-2H3. The Kier molecular flexibility index (Phi) is 5.50. The van der Waals surface area contributed by atoms with Gasteiger partial charge < -0.3 is 10.6 Å². The summed E-state index contributed by atoms with van der Waals surface area (Å²) in [6.07, 6.45) is 16.0. The van der Waals surface area contributed by atoms with Crippen molar-refractivity contribution in [2.75, 3.05) is 19.6 Å². The van der Waals surface area contributed by atoms with Gasteiger partial charge in [0.15, 0.2) is 0 Å². The predicted molar refractivity (Wildman–Crippen MR) is 95.2 cm³/mol. The molecule has 0 aromatic heterocycles. The van der Waals surface area contributed by atoms with Crippen LogP contribution < -0.4 is 10.6 Å². The van der Waals surface area contributed by atoms with Crippen LogP contribution in [-0.4, -0.2) is 25.7 Å². The van der Waals surface area contributed by atoms with Gasteiger partial charge in [0.2, 0.25) is 0 Å². The lowest BCUT2D eigenvalue weighted by Crippen LogP contribution is -2.38. The Morgan fingerprint density at radius 3 is 2.41 bits per heavy atom. The molecule has 0 aromatic carbocycles. The SMILES string of the molecule is CCCC1(CCC)CCCC2(CNC(C3CCNCC3)C2)C1. The number of hydrogen-bond donors (Lipinski definition) is 2. The van der Waals surface area contributed by atoms with Crippen LogP contribution in [0.15, 0.2) is 0 Å². The topological polar surface area (TPSA) is 24.1 Å². The maximum atomic E-state index is 3.98. The molecule has 0 radical (unpaired) electrons. The summed E-state index contributed by atoms with van der Waals surface area (Å²) >= 11 is 0. The molecule has 3 fully saturated rings. The molecular weight excluding hydrogens is 268 g/mol. The number of hydrogen-bond acceptors (Lipinski definition) is 2. The van der Waals surface area contributed by atoms with Crippen LogP contribution in [0.25, 0.3) is 0 Å². The van der Waals surface area contributed by atoms with Gasteiger partial charge in [0, 0.05) is 12.6 Å². The summed E-state index contributed by atoms with van der Waals surface area (Å²) in [6.45, 7) is 8.58. The zero-order valence-corrected chi connectivity index (χ0v) is 15.1. The minimum atomic E-state index is 0.651. The van der Waals surface area contributed by atoms with Crippen LogP contribution in [0, 0.1) is 16.7 Å². The molecule has 22 heavy (non-hydrogen) atoms. The van der Waals surface area contributed by atoms with Gasteiger partial charge in [-0.3, -0.25) is 0 Å². The fourth-order valence-electron chi connectivity index (χ4n) is 6.29. The lowest BCUT2D eigenvalue weighted by molar-refractivity contribution is 0.0499. The molecule has 2 unspecified atom stereocenters. The van der Waals surface area contributed by atoms with E-state index in [1.807, 2.05) is 0 Å². The molecular formula is C20H38N2.